The molecule has 29 heavy (non-hydrogen) atoms. The average Bonchev–Trinajstić information content (AvgIpc) is 3.00. The van der Waals surface area contributed by atoms with Crippen molar-refractivity contribution in [1.29, 1.82) is 0 Å². The van der Waals surface area contributed by atoms with Crippen molar-refractivity contribution < 1.29 is 9.47 Å². The van der Waals surface area contributed by atoms with Gasteiger partial charge in [0.25, 0.3) is 0 Å². The van der Waals surface area contributed by atoms with Gasteiger partial charge in [-0.3, -0.25) is 0 Å². The summed E-state index contributed by atoms with van der Waals surface area (Å²) in [5.41, 5.74) is 9.56. The molecule has 1 heterocycles. The Morgan fingerprint density at radius 2 is 1.76 bits per heavy atom. The fourth-order valence-corrected chi connectivity index (χ4v) is 3.45. The molecule has 0 aliphatic rings. The number of nitrogens with zero attached hydrogens (tertiary/aromatic N) is 2. The minimum atomic E-state index is 0.586. The second-order valence-corrected chi connectivity index (χ2v) is 7.28. The summed E-state index contributed by atoms with van der Waals surface area (Å²) in [7, 11) is 3.26. The van der Waals surface area contributed by atoms with Gasteiger partial charge in [-0.05, 0) is 62.2 Å². The molecule has 3 aromatic rings. The molecule has 6 heteroatoms. The third-order valence-corrected chi connectivity index (χ3v) is 5.32. The highest BCUT2D eigenvalue weighted by atomic mass is 35.5. The minimum absolute atomic E-state index is 0.586. The molecule has 0 saturated heterocycles. The Morgan fingerprint density at radius 1 is 1.00 bits per heavy atom. The molecule has 1 aromatic heterocycles. The molecule has 1 N–H and O–H groups in total. The number of hydrogen-bond acceptors (Lipinski definition) is 4. The number of aromatic nitrogens is 1. The van der Waals surface area contributed by atoms with E-state index in [1.165, 1.54) is 0 Å². The molecule has 152 valence electrons. The van der Waals surface area contributed by atoms with E-state index in [2.05, 4.69) is 41.1 Å². The Kier molecular flexibility index (Phi) is 6.49. The lowest BCUT2D eigenvalue weighted by atomic mass is 10.2. The smallest absolute Gasteiger partial charge is 0.161 e. The van der Waals surface area contributed by atoms with Gasteiger partial charge in [-0.25, -0.2) is 0 Å². The molecule has 0 radical (unpaired) electrons. The number of methoxy groups -OCH3 is 2. The molecule has 0 bridgehead atoms. The van der Waals surface area contributed by atoms with Crippen LogP contribution in [0, 0.1) is 20.8 Å². The van der Waals surface area contributed by atoms with E-state index in [1.807, 2.05) is 43.5 Å². The molecule has 3 rings (SSSR count). The molecule has 0 spiro atoms. The molecule has 2 aromatic carbocycles. The summed E-state index contributed by atoms with van der Waals surface area (Å²) in [4.78, 5) is 0. The molecule has 0 unspecified atom stereocenters. The molecule has 5 nitrogen and oxygen atoms in total. The first-order valence-electron chi connectivity index (χ1n) is 9.37. The molecule has 0 saturated carbocycles. The summed E-state index contributed by atoms with van der Waals surface area (Å²) in [5, 5.41) is 5.15. The van der Waals surface area contributed by atoms with Crippen LogP contribution in [0.2, 0.25) is 5.02 Å². The van der Waals surface area contributed by atoms with Crippen molar-refractivity contribution in [2.75, 3.05) is 14.2 Å². The van der Waals surface area contributed by atoms with E-state index < -0.39 is 0 Å². The van der Waals surface area contributed by atoms with Gasteiger partial charge < -0.3 is 19.5 Å². The van der Waals surface area contributed by atoms with E-state index in [4.69, 9.17) is 21.1 Å². The summed E-state index contributed by atoms with van der Waals surface area (Å²) in [6.45, 7) is 6.75. The first kappa shape index (κ1) is 20.8. The first-order valence-corrected chi connectivity index (χ1v) is 9.74. The van der Waals surface area contributed by atoms with Gasteiger partial charge in [0.05, 0.1) is 27.0 Å². The van der Waals surface area contributed by atoms with Gasteiger partial charge in [0.1, 0.15) is 0 Å². The summed E-state index contributed by atoms with van der Waals surface area (Å²) in [6, 6.07) is 14.0. The number of ether oxygens (including phenoxy) is 2. The van der Waals surface area contributed by atoms with E-state index in [0.29, 0.717) is 18.0 Å². The quantitative estimate of drug-likeness (QED) is 0.429. The normalized spacial score (nSPS) is 11.1. The van der Waals surface area contributed by atoms with Crippen LogP contribution in [0.4, 0.5) is 0 Å². The van der Waals surface area contributed by atoms with E-state index in [0.717, 1.165) is 38.8 Å². The Morgan fingerprint density at radius 3 is 2.45 bits per heavy atom. The van der Waals surface area contributed by atoms with Crippen LogP contribution in [-0.4, -0.2) is 25.0 Å². The predicted molar refractivity (Wildman–Crippen MR) is 119 cm³/mol. The van der Waals surface area contributed by atoms with Crippen molar-refractivity contribution >= 4 is 17.8 Å². The van der Waals surface area contributed by atoms with Crippen LogP contribution in [0.3, 0.4) is 0 Å². The molecule has 0 amide bonds. The van der Waals surface area contributed by atoms with Gasteiger partial charge in [0.2, 0.25) is 0 Å². The SMILES string of the molecule is COc1ccc(CN/N=C/c2cc(C)n(-c3ccc(C)c(Cl)c3)c2C)cc1OC. The highest BCUT2D eigenvalue weighted by molar-refractivity contribution is 6.31. The van der Waals surface area contributed by atoms with Crippen LogP contribution >= 0.6 is 11.6 Å². The van der Waals surface area contributed by atoms with Gasteiger partial charge in [0.15, 0.2) is 11.5 Å². The van der Waals surface area contributed by atoms with Crippen molar-refractivity contribution in [3.05, 3.63) is 75.6 Å². The number of hydrazone groups is 1. The summed E-state index contributed by atoms with van der Waals surface area (Å²) in [5.74, 6) is 1.42. The fraction of sp³-hybridized carbons (Fsp3) is 0.261. The fourth-order valence-electron chi connectivity index (χ4n) is 3.28. The second kappa shape index (κ2) is 9.05. The van der Waals surface area contributed by atoms with E-state index in [1.54, 1.807) is 14.2 Å². The average molecular weight is 412 g/mol. The summed E-state index contributed by atoms with van der Waals surface area (Å²) in [6.07, 6.45) is 1.84. The molecule has 0 aliphatic heterocycles. The van der Waals surface area contributed by atoms with Crippen LogP contribution in [0.5, 0.6) is 11.5 Å². The first-order chi connectivity index (χ1) is 13.9. The summed E-state index contributed by atoms with van der Waals surface area (Å²) >= 11 is 6.31. The zero-order valence-corrected chi connectivity index (χ0v) is 18.2. The lowest BCUT2D eigenvalue weighted by Gasteiger charge is -2.11. The van der Waals surface area contributed by atoms with Crippen molar-refractivity contribution in [3.8, 4) is 17.2 Å². The van der Waals surface area contributed by atoms with E-state index in [-0.39, 0.29) is 0 Å². The van der Waals surface area contributed by atoms with Crippen molar-refractivity contribution in [3.63, 3.8) is 0 Å². The maximum absolute atomic E-state index is 6.31. The summed E-state index contributed by atoms with van der Waals surface area (Å²) < 4.78 is 12.8. The lowest BCUT2D eigenvalue weighted by Crippen LogP contribution is -2.06. The molecule has 0 fully saturated rings. The van der Waals surface area contributed by atoms with Gasteiger partial charge in [-0.15, -0.1) is 0 Å². The van der Waals surface area contributed by atoms with Crippen LogP contribution < -0.4 is 14.9 Å². The maximum Gasteiger partial charge on any atom is 0.161 e. The van der Waals surface area contributed by atoms with Crippen LogP contribution in [0.1, 0.15) is 28.1 Å². The highest BCUT2D eigenvalue weighted by Crippen LogP contribution is 2.27. The number of hydrogen-bond donors (Lipinski definition) is 1. The molecule has 0 aliphatic carbocycles. The molecule has 0 atom stereocenters. The second-order valence-electron chi connectivity index (χ2n) is 6.88. The zero-order chi connectivity index (χ0) is 21.0. The number of benzene rings is 2. The number of nitrogens with one attached hydrogen (secondary N) is 1. The predicted octanol–water partition coefficient (Wildman–Crippen LogP) is 5.20. The number of rotatable bonds is 7. The molecular weight excluding hydrogens is 386 g/mol. The van der Waals surface area contributed by atoms with Gasteiger partial charge in [-0.1, -0.05) is 23.7 Å². The largest absolute Gasteiger partial charge is 0.493 e. The zero-order valence-electron chi connectivity index (χ0n) is 17.4. The lowest BCUT2D eigenvalue weighted by molar-refractivity contribution is 0.354. The van der Waals surface area contributed by atoms with Crippen molar-refractivity contribution in [2.45, 2.75) is 27.3 Å². The van der Waals surface area contributed by atoms with Gasteiger partial charge in [0, 0.05) is 27.7 Å². The van der Waals surface area contributed by atoms with Crippen LogP contribution in [-0.2, 0) is 6.54 Å². The van der Waals surface area contributed by atoms with Gasteiger partial charge in [-0.2, -0.15) is 5.10 Å². The number of halogens is 1. The van der Waals surface area contributed by atoms with Crippen molar-refractivity contribution in [2.24, 2.45) is 5.10 Å². The Hall–Kier alpha value is -2.92. The minimum Gasteiger partial charge on any atom is -0.493 e. The van der Waals surface area contributed by atoms with E-state index >= 15 is 0 Å². The number of aryl methyl sites for hydroxylation is 2. The van der Waals surface area contributed by atoms with Crippen LogP contribution in [0.15, 0.2) is 47.6 Å². The monoisotopic (exact) mass is 411 g/mol. The standard InChI is InChI=1S/C23H26ClN3O2/c1-15-6-8-20(12-21(15)24)27-16(2)10-19(17(27)3)14-26-25-13-18-7-9-22(28-4)23(11-18)29-5/h6-12,14,25H,13H2,1-5H3/b26-14+. The Bertz CT molecular complexity index is 1040. The maximum atomic E-state index is 6.31. The topological polar surface area (TPSA) is 47.8 Å². The Balaban J connectivity index is 1.72. The van der Waals surface area contributed by atoms with Crippen molar-refractivity contribution in [1.82, 2.24) is 9.99 Å². The third kappa shape index (κ3) is 4.57. The molecular formula is C23H26ClN3O2. The highest BCUT2D eigenvalue weighted by Gasteiger charge is 2.10. The van der Waals surface area contributed by atoms with E-state index in [9.17, 15) is 0 Å². The van der Waals surface area contributed by atoms with Gasteiger partial charge >= 0.3 is 0 Å². The van der Waals surface area contributed by atoms with Crippen LogP contribution in [0.25, 0.3) is 5.69 Å². The third-order valence-electron chi connectivity index (χ3n) is 4.91. The Labute approximate surface area is 176 Å².